The van der Waals surface area contributed by atoms with E-state index in [-0.39, 0.29) is 11.6 Å². The molecule has 3 nitrogen and oxygen atoms in total. The summed E-state index contributed by atoms with van der Waals surface area (Å²) in [6.45, 7) is 0.580. The predicted octanol–water partition coefficient (Wildman–Crippen LogP) is 2.05. The van der Waals surface area contributed by atoms with Gasteiger partial charge in [-0.2, -0.15) is 0 Å². The summed E-state index contributed by atoms with van der Waals surface area (Å²) < 4.78 is 10.5. The first kappa shape index (κ1) is 12.6. The van der Waals surface area contributed by atoms with Gasteiger partial charge in [0.1, 0.15) is 6.10 Å². The zero-order valence-electron chi connectivity index (χ0n) is 10.6. The van der Waals surface area contributed by atoms with Crippen molar-refractivity contribution in [3.63, 3.8) is 0 Å². The van der Waals surface area contributed by atoms with Gasteiger partial charge in [-0.05, 0) is 30.4 Å². The molecule has 1 aromatic carbocycles. The van der Waals surface area contributed by atoms with Crippen molar-refractivity contribution in [2.75, 3.05) is 20.8 Å². The molecule has 0 heterocycles. The Morgan fingerprint density at radius 2 is 1.88 bits per heavy atom. The number of benzene rings is 1. The second-order valence-corrected chi connectivity index (χ2v) is 4.96. The molecule has 1 aliphatic carbocycles. The highest BCUT2D eigenvalue weighted by Crippen LogP contribution is 2.35. The highest BCUT2D eigenvalue weighted by atomic mass is 16.5. The first-order valence-electron chi connectivity index (χ1n) is 6.06. The van der Waals surface area contributed by atoms with Crippen molar-refractivity contribution in [2.45, 2.75) is 30.9 Å². The van der Waals surface area contributed by atoms with Gasteiger partial charge < -0.3 is 15.2 Å². The highest BCUT2D eigenvalue weighted by Gasteiger charge is 2.37. The molecule has 1 atom stereocenters. The Balaban J connectivity index is 2.01. The van der Waals surface area contributed by atoms with Gasteiger partial charge in [-0.15, -0.1) is 0 Å². The van der Waals surface area contributed by atoms with Crippen molar-refractivity contribution >= 4 is 0 Å². The molecule has 3 heteroatoms. The lowest BCUT2D eigenvalue weighted by atomic mass is 10.0. The number of nitrogens with two attached hydrogens (primary N) is 1. The van der Waals surface area contributed by atoms with Crippen molar-refractivity contribution in [1.82, 2.24) is 0 Å². The average molecular weight is 235 g/mol. The maximum atomic E-state index is 6.11. The van der Waals surface area contributed by atoms with Crippen LogP contribution in [0.1, 0.15) is 30.1 Å². The van der Waals surface area contributed by atoms with Crippen LogP contribution in [0.4, 0.5) is 0 Å². The molecule has 0 bridgehead atoms. The van der Waals surface area contributed by atoms with Crippen LogP contribution in [-0.4, -0.2) is 26.4 Å². The summed E-state index contributed by atoms with van der Waals surface area (Å²) in [4.78, 5) is 0. The Morgan fingerprint density at radius 3 is 2.35 bits per heavy atom. The van der Waals surface area contributed by atoms with Gasteiger partial charge in [0.25, 0.3) is 0 Å². The fraction of sp³-hybridized carbons (Fsp3) is 0.571. The first-order chi connectivity index (χ1) is 8.17. The van der Waals surface area contributed by atoms with Gasteiger partial charge in [0.05, 0.1) is 6.61 Å². The van der Waals surface area contributed by atoms with Gasteiger partial charge in [0, 0.05) is 19.8 Å². The van der Waals surface area contributed by atoms with E-state index in [0.717, 1.165) is 24.8 Å². The van der Waals surface area contributed by atoms with Crippen molar-refractivity contribution in [2.24, 2.45) is 5.73 Å². The molecule has 1 aromatic rings. The Labute approximate surface area is 103 Å². The van der Waals surface area contributed by atoms with E-state index in [2.05, 4.69) is 24.3 Å². The minimum Gasteiger partial charge on any atom is -0.382 e. The van der Waals surface area contributed by atoms with E-state index >= 15 is 0 Å². The summed E-state index contributed by atoms with van der Waals surface area (Å²) in [6, 6.07) is 8.50. The molecule has 17 heavy (non-hydrogen) atoms. The molecule has 0 aromatic heterocycles. The van der Waals surface area contributed by atoms with E-state index in [9.17, 15) is 0 Å². The molecule has 1 unspecified atom stereocenters. The molecule has 0 aliphatic heterocycles. The molecule has 0 saturated heterocycles. The van der Waals surface area contributed by atoms with Gasteiger partial charge in [-0.3, -0.25) is 0 Å². The van der Waals surface area contributed by atoms with E-state index in [1.165, 1.54) is 5.56 Å². The first-order valence-corrected chi connectivity index (χ1v) is 6.06. The normalized spacial score (nSPS) is 19.0. The summed E-state index contributed by atoms with van der Waals surface area (Å²) >= 11 is 0. The van der Waals surface area contributed by atoms with Crippen molar-refractivity contribution in [3.8, 4) is 0 Å². The second-order valence-electron chi connectivity index (χ2n) is 4.96. The number of hydrogen-bond donors (Lipinski definition) is 1. The third-order valence-corrected chi connectivity index (χ3v) is 3.40. The predicted molar refractivity (Wildman–Crippen MR) is 67.9 cm³/mol. The minimum absolute atomic E-state index is 0.0156. The Bertz CT molecular complexity index is 357. The maximum Gasteiger partial charge on any atom is 0.105 e. The second kappa shape index (κ2) is 5.17. The summed E-state index contributed by atoms with van der Waals surface area (Å²) in [6.07, 6.45) is 3.30. The lowest BCUT2D eigenvalue weighted by Gasteiger charge is -2.15. The Kier molecular flexibility index (Phi) is 3.82. The molecule has 0 spiro atoms. The molecule has 2 N–H and O–H groups in total. The maximum absolute atomic E-state index is 6.11. The van der Waals surface area contributed by atoms with Crippen LogP contribution < -0.4 is 5.73 Å². The fourth-order valence-corrected chi connectivity index (χ4v) is 2.05. The molecule has 2 rings (SSSR count). The summed E-state index contributed by atoms with van der Waals surface area (Å²) in [5, 5.41) is 0. The van der Waals surface area contributed by atoms with Crippen LogP contribution in [0.3, 0.4) is 0 Å². The summed E-state index contributed by atoms with van der Waals surface area (Å²) in [5.74, 6) is 0. The molecule has 1 saturated carbocycles. The van der Waals surface area contributed by atoms with E-state index in [0.29, 0.717) is 6.61 Å². The standard InChI is InChI=1S/C14H21NO2/c1-16-10-13(17-2)12-5-3-11(4-6-12)9-14(15)7-8-14/h3-6,13H,7-10,15H2,1-2H3. The molecular weight excluding hydrogens is 214 g/mol. The van der Waals surface area contributed by atoms with Crippen LogP contribution in [0.25, 0.3) is 0 Å². The molecule has 1 aliphatic rings. The quantitative estimate of drug-likeness (QED) is 0.820. The molecular formula is C14H21NO2. The number of hydrogen-bond acceptors (Lipinski definition) is 3. The van der Waals surface area contributed by atoms with Crippen LogP contribution in [0.2, 0.25) is 0 Å². The number of ether oxygens (including phenoxy) is 2. The molecule has 0 radical (unpaired) electrons. The van der Waals surface area contributed by atoms with E-state index in [4.69, 9.17) is 15.2 Å². The third kappa shape index (κ3) is 3.28. The van der Waals surface area contributed by atoms with E-state index < -0.39 is 0 Å². The largest absolute Gasteiger partial charge is 0.382 e. The topological polar surface area (TPSA) is 44.5 Å². The lowest BCUT2D eigenvalue weighted by Crippen LogP contribution is -2.24. The number of rotatable bonds is 6. The monoisotopic (exact) mass is 235 g/mol. The zero-order chi connectivity index (χ0) is 12.3. The van der Waals surface area contributed by atoms with Crippen LogP contribution >= 0.6 is 0 Å². The zero-order valence-corrected chi connectivity index (χ0v) is 10.6. The van der Waals surface area contributed by atoms with Crippen LogP contribution in [0.5, 0.6) is 0 Å². The lowest BCUT2D eigenvalue weighted by molar-refractivity contribution is 0.0275. The van der Waals surface area contributed by atoms with Crippen LogP contribution in [-0.2, 0) is 15.9 Å². The number of methoxy groups -OCH3 is 2. The summed E-state index contributed by atoms with van der Waals surface area (Å²) in [5.41, 5.74) is 8.64. The van der Waals surface area contributed by atoms with E-state index in [1.807, 2.05) is 0 Å². The minimum atomic E-state index is 0.0156. The molecule has 94 valence electrons. The van der Waals surface area contributed by atoms with E-state index in [1.54, 1.807) is 14.2 Å². The van der Waals surface area contributed by atoms with Gasteiger partial charge >= 0.3 is 0 Å². The van der Waals surface area contributed by atoms with Crippen molar-refractivity contribution in [1.29, 1.82) is 0 Å². The van der Waals surface area contributed by atoms with Crippen LogP contribution in [0, 0.1) is 0 Å². The molecule has 1 fully saturated rings. The average Bonchev–Trinajstić information content (AvgIpc) is 3.05. The Morgan fingerprint density at radius 1 is 1.24 bits per heavy atom. The SMILES string of the molecule is COCC(OC)c1ccc(CC2(N)CC2)cc1. The highest BCUT2D eigenvalue weighted by molar-refractivity contribution is 5.27. The van der Waals surface area contributed by atoms with Crippen molar-refractivity contribution < 1.29 is 9.47 Å². The van der Waals surface area contributed by atoms with Crippen LogP contribution in [0.15, 0.2) is 24.3 Å². The summed E-state index contributed by atoms with van der Waals surface area (Å²) in [7, 11) is 3.39. The third-order valence-electron chi connectivity index (χ3n) is 3.40. The smallest absolute Gasteiger partial charge is 0.105 e. The fourth-order valence-electron chi connectivity index (χ4n) is 2.05. The Hall–Kier alpha value is -0.900. The van der Waals surface area contributed by atoms with Crippen molar-refractivity contribution in [3.05, 3.63) is 35.4 Å². The molecule has 0 amide bonds. The van der Waals surface area contributed by atoms with Gasteiger partial charge in [0.15, 0.2) is 0 Å². The van der Waals surface area contributed by atoms with Gasteiger partial charge in [-0.1, -0.05) is 24.3 Å². The van der Waals surface area contributed by atoms with Gasteiger partial charge in [0.2, 0.25) is 0 Å². The van der Waals surface area contributed by atoms with Gasteiger partial charge in [-0.25, -0.2) is 0 Å².